The van der Waals surface area contributed by atoms with E-state index in [2.05, 4.69) is 11.8 Å². The first kappa shape index (κ1) is 9.78. The largest absolute Gasteiger partial charge is 0.355 e. The van der Waals surface area contributed by atoms with Crippen LogP contribution in [0.15, 0.2) is 0 Å². The van der Waals surface area contributed by atoms with Crippen molar-refractivity contribution in [2.75, 3.05) is 27.2 Å². The molecule has 0 N–H and O–H groups in total. The Kier molecular flexibility index (Phi) is 3.32. The molecule has 1 heterocycles. The minimum atomic E-state index is 0.881. The van der Waals surface area contributed by atoms with E-state index in [4.69, 9.17) is 12.2 Å². The fraction of sp³-hybridized carbons (Fsp3) is 0.889. The third kappa shape index (κ3) is 2.34. The second kappa shape index (κ2) is 4.08. The molecule has 2 nitrogen and oxygen atoms in total. The number of rotatable bonds is 0. The average molecular weight is 186 g/mol. The molecule has 70 valence electrons. The topological polar surface area (TPSA) is 6.48 Å². The molecule has 0 aliphatic carbocycles. The van der Waals surface area contributed by atoms with Crippen LogP contribution in [0.5, 0.6) is 0 Å². The smallest absolute Gasteiger partial charge is 0.171 e. The zero-order chi connectivity index (χ0) is 9.14. The van der Waals surface area contributed by atoms with Crippen LogP contribution in [0.25, 0.3) is 0 Å². The molecule has 1 saturated heterocycles. The SMILES string of the molecule is CC1CCN(C(=S)N(C)C)CC1. The summed E-state index contributed by atoms with van der Waals surface area (Å²) in [6.07, 6.45) is 2.57. The Hall–Kier alpha value is -0.310. The van der Waals surface area contributed by atoms with Crippen LogP contribution in [0.4, 0.5) is 0 Å². The molecule has 0 spiro atoms. The van der Waals surface area contributed by atoms with Gasteiger partial charge in [0.15, 0.2) is 5.11 Å². The van der Waals surface area contributed by atoms with E-state index in [1.807, 2.05) is 19.0 Å². The van der Waals surface area contributed by atoms with E-state index < -0.39 is 0 Å². The Morgan fingerprint density at radius 3 is 2.25 bits per heavy atom. The van der Waals surface area contributed by atoms with Gasteiger partial charge < -0.3 is 9.80 Å². The van der Waals surface area contributed by atoms with E-state index in [0.29, 0.717) is 0 Å². The van der Waals surface area contributed by atoms with Crippen molar-refractivity contribution in [3.05, 3.63) is 0 Å². The standard InChI is InChI=1S/C9H18N2S/c1-8-4-6-11(7-5-8)9(12)10(2)3/h8H,4-7H2,1-3H3. The van der Waals surface area contributed by atoms with Gasteiger partial charge in [0.05, 0.1) is 0 Å². The van der Waals surface area contributed by atoms with Crippen molar-refractivity contribution in [3.63, 3.8) is 0 Å². The van der Waals surface area contributed by atoms with Gasteiger partial charge in [0, 0.05) is 27.2 Å². The summed E-state index contributed by atoms with van der Waals surface area (Å²) in [5, 5.41) is 0.988. The van der Waals surface area contributed by atoms with Crippen LogP contribution >= 0.6 is 12.2 Å². The van der Waals surface area contributed by atoms with Crippen LogP contribution in [0.1, 0.15) is 19.8 Å². The van der Waals surface area contributed by atoms with Gasteiger partial charge in [-0.3, -0.25) is 0 Å². The molecule has 0 aromatic rings. The molecule has 1 fully saturated rings. The lowest BCUT2D eigenvalue weighted by molar-refractivity contribution is 0.265. The highest BCUT2D eigenvalue weighted by Crippen LogP contribution is 2.16. The van der Waals surface area contributed by atoms with Gasteiger partial charge in [0.2, 0.25) is 0 Å². The molecule has 0 unspecified atom stereocenters. The number of hydrogen-bond donors (Lipinski definition) is 0. The Bertz CT molecular complexity index is 160. The van der Waals surface area contributed by atoms with Crippen LogP contribution in [0, 0.1) is 5.92 Å². The summed E-state index contributed by atoms with van der Waals surface area (Å²) in [5.41, 5.74) is 0. The van der Waals surface area contributed by atoms with Gasteiger partial charge in [-0.15, -0.1) is 0 Å². The second-order valence-electron chi connectivity index (χ2n) is 3.85. The summed E-state index contributed by atoms with van der Waals surface area (Å²) in [7, 11) is 4.03. The summed E-state index contributed by atoms with van der Waals surface area (Å²) < 4.78 is 0. The van der Waals surface area contributed by atoms with E-state index >= 15 is 0 Å². The van der Waals surface area contributed by atoms with Crippen molar-refractivity contribution in [2.24, 2.45) is 5.92 Å². The Balaban J connectivity index is 2.39. The third-order valence-corrected chi connectivity index (χ3v) is 3.06. The lowest BCUT2D eigenvalue weighted by atomic mass is 10.00. The maximum absolute atomic E-state index is 5.29. The fourth-order valence-corrected chi connectivity index (χ4v) is 1.67. The van der Waals surface area contributed by atoms with Gasteiger partial charge >= 0.3 is 0 Å². The number of piperidine rings is 1. The monoisotopic (exact) mass is 186 g/mol. The van der Waals surface area contributed by atoms with Gasteiger partial charge in [-0.25, -0.2) is 0 Å². The molecule has 0 saturated carbocycles. The maximum Gasteiger partial charge on any atom is 0.171 e. The maximum atomic E-state index is 5.29. The van der Waals surface area contributed by atoms with E-state index in [9.17, 15) is 0 Å². The Morgan fingerprint density at radius 1 is 1.33 bits per heavy atom. The molecular weight excluding hydrogens is 168 g/mol. The highest BCUT2D eigenvalue weighted by Gasteiger charge is 2.18. The molecule has 0 atom stereocenters. The number of thiocarbonyl (C=S) groups is 1. The number of likely N-dealkylation sites (tertiary alicyclic amines) is 1. The van der Waals surface area contributed by atoms with Crippen LogP contribution in [-0.4, -0.2) is 42.1 Å². The molecule has 1 aliphatic heterocycles. The highest BCUT2D eigenvalue weighted by atomic mass is 32.1. The molecule has 0 amide bonds. The lowest BCUT2D eigenvalue weighted by Crippen LogP contribution is -2.43. The normalized spacial score (nSPS) is 19.4. The van der Waals surface area contributed by atoms with Crippen molar-refractivity contribution < 1.29 is 0 Å². The average Bonchev–Trinajstić information content (AvgIpc) is 2.04. The molecule has 0 aromatic heterocycles. The van der Waals surface area contributed by atoms with Gasteiger partial charge in [0.1, 0.15) is 0 Å². The second-order valence-corrected chi connectivity index (χ2v) is 4.21. The summed E-state index contributed by atoms with van der Waals surface area (Å²) in [5.74, 6) is 0.881. The first-order valence-corrected chi connectivity index (χ1v) is 4.98. The zero-order valence-electron chi connectivity index (χ0n) is 8.21. The first-order valence-electron chi connectivity index (χ1n) is 4.57. The molecule has 1 rings (SSSR count). The fourth-order valence-electron chi connectivity index (χ4n) is 1.48. The molecule has 12 heavy (non-hydrogen) atoms. The first-order chi connectivity index (χ1) is 5.61. The Morgan fingerprint density at radius 2 is 1.83 bits per heavy atom. The van der Waals surface area contributed by atoms with E-state index in [1.54, 1.807) is 0 Å². The van der Waals surface area contributed by atoms with Crippen molar-refractivity contribution >= 4 is 17.3 Å². The molecule has 3 heteroatoms. The lowest BCUT2D eigenvalue weighted by Gasteiger charge is -2.34. The van der Waals surface area contributed by atoms with E-state index in [1.165, 1.54) is 12.8 Å². The summed E-state index contributed by atoms with van der Waals surface area (Å²) >= 11 is 5.29. The summed E-state index contributed by atoms with van der Waals surface area (Å²) in [6, 6.07) is 0. The van der Waals surface area contributed by atoms with Gasteiger partial charge in [0.25, 0.3) is 0 Å². The minimum absolute atomic E-state index is 0.881. The van der Waals surface area contributed by atoms with Crippen molar-refractivity contribution in [2.45, 2.75) is 19.8 Å². The third-order valence-electron chi connectivity index (χ3n) is 2.44. The van der Waals surface area contributed by atoms with Gasteiger partial charge in [-0.1, -0.05) is 6.92 Å². The van der Waals surface area contributed by atoms with Crippen molar-refractivity contribution in [1.82, 2.24) is 9.80 Å². The molecule has 0 radical (unpaired) electrons. The number of hydrogen-bond acceptors (Lipinski definition) is 1. The van der Waals surface area contributed by atoms with Crippen LogP contribution in [-0.2, 0) is 0 Å². The van der Waals surface area contributed by atoms with Gasteiger partial charge in [-0.05, 0) is 31.0 Å². The molecular formula is C9H18N2S. The van der Waals surface area contributed by atoms with Crippen LogP contribution in [0.3, 0.4) is 0 Å². The minimum Gasteiger partial charge on any atom is -0.355 e. The zero-order valence-corrected chi connectivity index (χ0v) is 9.02. The molecule has 0 aromatic carbocycles. The summed E-state index contributed by atoms with van der Waals surface area (Å²) in [4.78, 5) is 4.32. The Labute approximate surface area is 80.5 Å². The van der Waals surface area contributed by atoms with E-state index in [0.717, 1.165) is 24.1 Å². The van der Waals surface area contributed by atoms with Gasteiger partial charge in [-0.2, -0.15) is 0 Å². The molecule has 1 aliphatic rings. The van der Waals surface area contributed by atoms with Crippen molar-refractivity contribution in [3.8, 4) is 0 Å². The predicted octanol–water partition coefficient (Wildman–Crippen LogP) is 1.56. The van der Waals surface area contributed by atoms with Crippen LogP contribution in [0.2, 0.25) is 0 Å². The highest BCUT2D eigenvalue weighted by molar-refractivity contribution is 7.80. The summed E-state index contributed by atoms with van der Waals surface area (Å²) in [6.45, 7) is 4.59. The predicted molar refractivity (Wildman–Crippen MR) is 56.3 cm³/mol. The quantitative estimate of drug-likeness (QED) is 0.530. The number of nitrogens with zero attached hydrogens (tertiary/aromatic N) is 2. The van der Waals surface area contributed by atoms with E-state index in [-0.39, 0.29) is 0 Å². The van der Waals surface area contributed by atoms with Crippen molar-refractivity contribution in [1.29, 1.82) is 0 Å². The molecule has 0 bridgehead atoms. The van der Waals surface area contributed by atoms with Crippen LogP contribution < -0.4 is 0 Å².